The average molecular weight is 371 g/mol. The van der Waals surface area contributed by atoms with E-state index >= 15 is 0 Å². The summed E-state index contributed by atoms with van der Waals surface area (Å²) >= 11 is 0. The van der Waals surface area contributed by atoms with Gasteiger partial charge in [0.25, 0.3) is 5.91 Å². The zero-order chi connectivity index (χ0) is 19.8. The highest BCUT2D eigenvalue weighted by Crippen LogP contribution is 2.15. The molecule has 27 heavy (non-hydrogen) atoms. The lowest BCUT2D eigenvalue weighted by molar-refractivity contribution is -0.142. The number of rotatable bonds is 6. The van der Waals surface area contributed by atoms with E-state index in [0.717, 1.165) is 11.6 Å². The lowest BCUT2D eigenvalue weighted by Gasteiger charge is -2.07. The zero-order valence-electron chi connectivity index (χ0n) is 14.8. The second-order valence-electron chi connectivity index (χ2n) is 5.59. The van der Waals surface area contributed by atoms with Crippen molar-refractivity contribution in [3.8, 4) is 0 Å². The van der Waals surface area contributed by atoms with Crippen molar-refractivity contribution >= 4 is 29.6 Å². The molecule has 0 atom stereocenters. The molecule has 1 N–H and O–H groups in total. The Kier molecular flexibility index (Phi) is 6.82. The molecule has 7 heteroatoms. The van der Waals surface area contributed by atoms with Gasteiger partial charge in [-0.1, -0.05) is 18.2 Å². The van der Waals surface area contributed by atoms with Gasteiger partial charge in [-0.05, 0) is 48.4 Å². The molecule has 0 saturated carbocycles. The van der Waals surface area contributed by atoms with Gasteiger partial charge in [-0.3, -0.25) is 4.79 Å². The first-order valence-electron chi connectivity index (χ1n) is 7.98. The number of methoxy groups -OCH3 is 1. The standard InChI is InChI=1S/C20H18FNO5/c1-13-3-9-17(16(21)11-13)22-18(23)12-27-19(24)10-6-14-4-7-15(8-5-14)20(25)26-2/h3-11H,12H2,1-2H3,(H,22,23)/b10-6+. The van der Waals surface area contributed by atoms with E-state index < -0.39 is 30.3 Å². The normalized spacial score (nSPS) is 10.5. The second kappa shape index (κ2) is 9.28. The van der Waals surface area contributed by atoms with Crippen molar-refractivity contribution in [3.63, 3.8) is 0 Å². The summed E-state index contributed by atoms with van der Waals surface area (Å²) in [6.07, 6.45) is 2.62. The van der Waals surface area contributed by atoms with Gasteiger partial charge in [-0.25, -0.2) is 14.0 Å². The maximum atomic E-state index is 13.7. The summed E-state index contributed by atoms with van der Waals surface area (Å²) in [6, 6.07) is 10.7. The fourth-order valence-corrected chi connectivity index (χ4v) is 2.11. The predicted molar refractivity (Wildman–Crippen MR) is 97.5 cm³/mol. The largest absolute Gasteiger partial charge is 0.465 e. The summed E-state index contributed by atoms with van der Waals surface area (Å²) in [7, 11) is 1.29. The number of hydrogen-bond donors (Lipinski definition) is 1. The Morgan fingerprint density at radius 3 is 2.44 bits per heavy atom. The first kappa shape index (κ1) is 19.8. The monoisotopic (exact) mass is 371 g/mol. The number of ether oxygens (including phenoxy) is 2. The molecular formula is C20H18FNO5. The van der Waals surface area contributed by atoms with Crippen molar-refractivity contribution in [2.45, 2.75) is 6.92 Å². The van der Waals surface area contributed by atoms with E-state index in [9.17, 15) is 18.8 Å². The number of benzene rings is 2. The minimum absolute atomic E-state index is 0.0166. The van der Waals surface area contributed by atoms with Crippen LogP contribution in [0.4, 0.5) is 10.1 Å². The highest BCUT2D eigenvalue weighted by atomic mass is 19.1. The van der Waals surface area contributed by atoms with Gasteiger partial charge in [0.05, 0.1) is 18.4 Å². The molecule has 140 valence electrons. The molecule has 0 aliphatic heterocycles. The van der Waals surface area contributed by atoms with Crippen molar-refractivity contribution in [2.75, 3.05) is 19.0 Å². The number of halogens is 1. The highest BCUT2D eigenvalue weighted by Gasteiger charge is 2.09. The van der Waals surface area contributed by atoms with Gasteiger partial charge < -0.3 is 14.8 Å². The number of carbonyl (C=O) groups excluding carboxylic acids is 3. The Labute approximate surface area is 155 Å². The van der Waals surface area contributed by atoms with Crippen LogP contribution < -0.4 is 5.32 Å². The molecule has 0 unspecified atom stereocenters. The minimum Gasteiger partial charge on any atom is -0.465 e. The van der Waals surface area contributed by atoms with Gasteiger partial charge in [0.1, 0.15) is 5.82 Å². The highest BCUT2D eigenvalue weighted by molar-refractivity contribution is 5.95. The molecule has 1 amide bonds. The maximum Gasteiger partial charge on any atom is 0.337 e. The van der Waals surface area contributed by atoms with Crippen LogP contribution >= 0.6 is 0 Å². The van der Waals surface area contributed by atoms with Crippen molar-refractivity contribution in [3.05, 3.63) is 71.0 Å². The molecule has 0 spiro atoms. The van der Waals surface area contributed by atoms with Crippen LogP contribution in [0.25, 0.3) is 6.08 Å². The summed E-state index contributed by atoms with van der Waals surface area (Å²) in [5.41, 5.74) is 1.78. The quantitative estimate of drug-likeness (QED) is 0.623. The Bertz CT molecular complexity index is 874. The van der Waals surface area contributed by atoms with Crippen LogP contribution in [0.15, 0.2) is 48.5 Å². The molecule has 2 aromatic carbocycles. The fraction of sp³-hybridized carbons (Fsp3) is 0.150. The van der Waals surface area contributed by atoms with E-state index in [-0.39, 0.29) is 5.69 Å². The topological polar surface area (TPSA) is 81.7 Å². The molecule has 0 saturated heterocycles. The molecule has 0 aliphatic rings. The number of hydrogen-bond acceptors (Lipinski definition) is 5. The number of carbonyl (C=O) groups is 3. The molecular weight excluding hydrogens is 353 g/mol. The van der Waals surface area contributed by atoms with E-state index in [1.807, 2.05) is 0 Å². The van der Waals surface area contributed by atoms with Crippen molar-refractivity contribution in [1.29, 1.82) is 0 Å². The number of anilines is 1. The number of aryl methyl sites for hydroxylation is 1. The number of esters is 2. The minimum atomic E-state index is -0.730. The molecule has 6 nitrogen and oxygen atoms in total. The average Bonchev–Trinajstić information content (AvgIpc) is 2.66. The van der Waals surface area contributed by atoms with Gasteiger partial charge in [0.2, 0.25) is 0 Å². The van der Waals surface area contributed by atoms with Crippen LogP contribution in [0.3, 0.4) is 0 Å². The van der Waals surface area contributed by atoms with Crippen LogP contribution in [0.5, 0.6) is 0 Å². The van der Waals surface area contributed by atoms with Crippen molar-refractivity contribution in [2.24, 2.45) is 0 Å². The van der Waals surface area contributed by atoms with Crippen molar-refractivity contribution < 1.29 is 28.2 Å². The Balaban J connectivity index is 1.83. The fourth-order valence-electron chi connectivity index (χ4n) is 2.11. The van der Waals surface area contributed by atoms with Gasteiger partial charge in [0.15, 0.2) is 6.61 Å². The second-order valence-corrected chi connectivity index (χ2v) is 5.59. The number of nitrogens with one attached hydrogen (secondary N) is 1. The molecule has 0 aliphatic carbocycles. The Morgan fingerprint density at radius 1 is 1.11 bits per heavy atom. The third-order valence-corrected chi connectivity index (χ3v) is 3.49. The van der Waals surface area contributed by atoms with Crippen LogP contribution in [-0.2, 0) is 19.1 Å². The lowest BCUT2D eigenvalue weighted by Crippen LogP contribution is -2.20. The summed E-state index contributed by atoms with van der Waals surface area (Å²) in [5, 5.41) is 2.33. The SMILES string of the molecule is COC(=O)c1ccc(/C=C/C(=O)OCC(=O)Nc2ccc(C)cc2F)cc1. The molecule has 0 fully saturated rings. The maximum absolute atomic E-state index is 13.7. The summed E-state index contributed by atoms with van der Waals surface area (Å²) in [5.74, 6) is -2.40. The zero-order valence-corrected chi connectivity index (χ0v) is 14.8. The van der Waals surface area contributed by atoms with Gasteiger partial charge in [-0.15, -0.1) is 0 Å². The van der Waals surface area contributed by atoms with E-state index in [1.54, 1.807) is 37.3 Å². The molecule has 0 radical (unpaired) electrons. The van der Waals surface area contributed by atoms with E-state index in [4.69, 9.17) is 4.74 Å². The van der Waals surface area contributed by atoms with Crippen LogP contribution in [-0.4, -0.2) is 31.6 Å². The summed E-state index contributed by atoms with van der Waals surface area (Å²) in [4.78, 5) is 34.7. The first-order valence-corrected chi connectivity index (χ1v) is 7.98. The van der Waals surface area contributed by atoms with Gasteiger partial charge >= 0.3 is 11.9 Å². The smallest absolute Gasteiger partial charge is 0.337 e. The van der Waals surface area contributed by atoms with Crippen LogP contribution in [0.2, 0.25) is 0 Å². The lowest BCUT2D eigenvalue weighted by atomic mass is 10.1. The molecule has 2 aromatic rings. The summed E-state index contributed by atoms with van der Waals surface area (Å²) < 4.78 is 23.1. The predicted octanol–water partition coefficient (Wildman–Crippen LogP) is 3.12. The third-order valence-electron chi connectivity index (χ3n) is 3.49. The van der Waals surface area contributed by atoms with Gasteiger partial charge in [-0.2, -0.15) is 0 Å². The molecule has 0 aromatic heterocycles. The van der Waals surface area contributed by atoms with E-state index in [2.05, 4.69) is 10.1 Å². The molecule has 0 heterocycles. The van der Waals surface area contributed by atoms with Crippen LogP contribution in [0, 0.1) is 12.7 Å². The van der Waals surface area contributed by atoms with Crippen LogP contribution in [0.1, 0.15) is 21.5 Å². The first-order chi connectivity index (χ1) is 12.9. The Hall–Kier alpha value is -3.48. The Morgan fingerprint density at radius 2 is 1.81 bits per heavy atom. The summed E-state index contributed by atoms with van der Waals surface area (Å²) in [6.45, 7) is 1.18. The third kappa shape index (κ3) is 6.07. The van der Waals surface area contributed by atoms with E-state index in [1.165, 1.54) is 25.3 Å². The van der Waals surface area contributed by atoms with Crippen molar-refractivity contribution in [1.82, 2.24) is 0 Å². The molecule has 0 bridgehead atoms. The number of amides is 1. The molecule has 2 rings (SSSR count). The van der Waals surface area contributed by atoms with E-state index in [0.29, 0.717) is 11.1 Å². The van der Waals surface area contributed by atoms with Gasteiger partial charge in [0, 0.05) is 6.08 Å².